The molecule has 1 aliphatic rings. The highest BCUT2D eigenvalue weighted by Gasteiger charge is 2.25. The van der Waals surface area contributed by atoms with E-state index < -0.39 is 0 Å². The molecule has 1 heterocycles. The number of hydrogen-bond donors (Lipinski definition) is 1. The van der Waals surface area contributed by atoms with Gasteiger partial charge in [-0.25, -0.2) is 4.39 Å². The number of nitrogens with one attached hydrogen (secondary N) is 1. The lowest BCUT2D eigenvalue weighted by Crippen LogP contribution is -2.24. The van der Waals surface area contributed by atoms with Crippen LogP contribution in [0.15, 0.2) is 42.7 Å². The Morgan fingerprint density at radius 1 is 1.30 bits per heavy atom. The van der Waals surface area contributed by atoms with Gasteiger partial charge in [0.05, 0.1) is 0 Å². The Morgan fingerprint density at radius 3 is 2.85 bits per heavy atom. The number of pyridine rings is 1. The Bertz CT molecular complexity index is 583. The molecule has 3 heteroatoms. The molecular formula is C17H19FN2. The molecule has 0 bridgehead atoms. The van der Waals surface area contributed by atoms with Crippen LogP contribution >= 0.6 is 0 Å². The summed E-state index contributed by atoms with van der Waals surface area (Å²) in [5.74, 6) is -0.144. The molecule has 1 aromatic carbocycles. The molecule has 0 saturated carbocycles. The van der Waals surface area contributed by atoms with Gasteiger partial charge in [0.15, 0.2) is 0 Å². The van der Waals surface area contributed by atoms with Crippen LogP contribution in [0.2, 0.25) is 0 Å². The van der Waals surface area contributed by atoms with Crippen LogP contribution < -0.4 is 5.32 Å². The largest absolute Gasteiger partial charge is 0.303 e. The van der Waals surface area contributed by atoms with Crippen molar-refractivity contribution in [2.75, 3.05) is 0 Å². The van der Waals surface area contributed by atoms with Crippen LogP contribution in [0, 0.1) is 5.82 Å². The zero-order chi connectivity index (χ0) is 13.9. The summed E-state index contributed by atoms with van der Waals surface area (Å²) in [6.07, 6.45) is 6.72. The van der Waals surface area contributed by atoms with Gasteiger partial charge < -0.3 is 5.32 Å². The van der Waals surface area contributed by atoms with Gasteiger partial charge in [-0.3, -0.25) is 4.98 Å². The number of fused-ring (bicyclic) bond motifs is 1. The van der Waals surface area contributed by atoms with Gasteiger partial charge in [0.1, 0.15) is 5.82 Å². The maximum Gasteiger partial charge on any atom is 0.123 e. The summed E-state index contributed by atoms with van der Waals surface area (Å²) in [7, 11) is 0. The number of aryl methyl sites for hydroxylation is 1. The Kier molecular flexibility index (Phi) is 3.79. The first-order valence-electron chi connectivity index (χ1n) is 7.22. The van der Waals surface area contributed by atoms with Gasteiger partial charge in [0, 0.05) is 24.5 Å². The van der Waals surface area contributed by atoms with Crippen LogP contribution in [-0.2, 0) is 6.42 Å². The summed E-state index contributed by atoms with van der Waals surface area (Å²) in [5, 5.41) is 3.67. The number of aromatic nitrogens is 1. The molecule has 2 atom stereocenters. The van der Waals surface area contributed by atoms with Crippen molar-refractivity contribution in [1.82, 2.24) is 10.3 Å². The van der Waals surface area contributed by atoms with Crippen molar-refractivity contribution in [3.63, 3.8) is 0 Å². The van der Waals surface area contributed by atoms with Crippen molar-refractivity contribution >= 4 is 0 Å². The summed E-state index contributed by atoms with van der Waals surface area (Å²) < 4.78 is 13.4. The zero-order valence-corrected chi connectivity index (χ0v) is 11.6. The lowest BCUT2D eigenvalue weighted by atomic mass is 10.0. The van der Waals surface area contributed by atoms with Gasteiger partial charge in [0.25, 0.3) is 0 Å². The molecule has 0 fully saturated rings. The fourth-order valence-corrected chi connectivity index (χ4v) is 3.03. The molecule has 20 heavy (non-hydrogen) atoms. The second-order valence-electron chi connectivity index (χ2n) is 5.34. The van der Waals surface area contributed by atoms with Crippen molar-refractivity contribution in [2.24, 2.45) is 0 Å². The van der Waals surface area contributed by atoms with Crippen LogP contribution in [0.3, 0.4) is 0 Å². The number of rotatable bonds is 4. The molecule has 0 saturated heterocycles. The highest BCUT2D eigenvalue weighted by Crippen LogP contribution is 2.34. The third-order valence-electron chi connectivity index (χ3n) is 4.10. The molecule has 104 valence electrons. The normalized spacial score (nSPS) is 18.8. The summed E-state index contributed by atoms with van der Waals surface area (Å²) in [6, 6.07) is 9.78. The molecule has 0 unspecified atom stereocenters. The minimum Gasteiger partial charge on any atom is -0.303 e. The molecular weight excluding hydrogens is 251 g/mol. The van der Waals surface area contributed by atoms with E-state index in [0.717, 1.165) is 24.8 Å². The first kappa shape index (κ1) is 13.3. The summed E-state index contributed by atoms with van der Waals surface area (Å²) >= 11 is 0. The van der Waals surface area contributed by atoms with Crippen LogP contribution in [0.1, 0.15) is 48.5 Å². The van der Waals surface area contributed by atoms with Crippen LogP contribution in [-0.4, -0.2) is 4.98 Å². The molecule has 0 aliphatic heterocycles. The van der Waals surface area contributed by atoms with Gasteiger partial charge in [-0.15, -0.1) is 0 Å². The van der Waals surface area contributed by atoms with Gasteiger partial charge in [-0.2, -0.15) is 0 Å². The molecule has 0 spiro atoms. The lowest BCUT2D eigenvalue weighted by molar-refractivity contribution is 0.432. The standard InChI is InChI=1S/C17H19FN2/c1-2-16(13-7-9-19-10-8-13)20-17-6-4-12-3-5-14(18)11-15(12)17/h3,5,7-11,16-17,20H,2,4,6H2,1H3/t16-,17-/m1/s1. The van der Waals surface area contributed by atoms with E-state index in [0.29, 0.717) is 0 Å². The maximum atomic E-state index is 13.4. The van der Waals surface area contributed by atoms with Gasteiger partial charge in [-0.1, -0.05) is 13.0 Å². The van der Waals surface area contributed by atoms with E-state index in [1.54, 1.807) is 12.1 Å². The number of nitrogens with zero attached hydrogens (tertiary/aromatic N) is 1. The molecule has 2 nitrogen and oxygen atoms in total. The van der Waals surface area contributed by atoms with E-state index in [2.05, 4.69) is 17.2 Å². The highest BCUT2D eigenvalue weighted by atomic mass is 19.1. The van der Waals surface area contributed by atoms with Gasteiger partial charge >= 0.3 is 0 Å². The SMILES string of the molecule is CC[C@@H](N[C@@H]1CCc2ccc(F)cc21)c1ccncc1. The van der Waals surface area contributed by atoms with Crippen molar-refractivity contribution in [2.45, 2.75) is 38.3 Å². The average molecular weight is 270 g/mol. The van der Waals surface area contributed by atoms with Gasteiger partial charge in [0.2, 0.25) is 0 Å². The van der Waals surface area contributed by atoms with E-state index in [4.69, 9.17) is 0 Å². The highest BCUT2D eigenvalue weighted by molar-refractivity contribution is 5.35. The first-order valence-corrected chi connectivity index (χ1v) is 7.22. The monoisotopic (exact) mass is 270 g/mol. The molecule has 0 radical (unpaired) electrons. The second-order valence-corrected chi connectivity index (χ2v) is 5.34. The molecule has 0 amide bonds. The number of halogens is 1. The second kappa shape index (κ2) is 5.71. The van der Waals surface area contributed by atoms with E-state index in [-0.39, 0.29) is 17.9 Å². The smallest absolute Gasteiger partial charge is 0.123 e. The summed E-state index contributed by atoms with van der Waals surface area (Å²) in [4.78, 5) is 4.06. The van der Waals surface area contributed by atoms with Gasteiger partial charge in [-0.05, 0) is 60.2 Å². The Labute approximate surface area is 119 Å². The minimum atomic E-state index is -0.144. The van der Waals surface area contributed by atoms with Crippen LogP contribution in [0.4, 0.5) is 4.39 Å². The quantitative estimate of drug-likeness (QED) is 0.910. The maximum absolute atomic E-state index is 13.4. The van der Waals surface area contributed by atoms with Crippen molar-refractivity contribution in [3.05, 3.63) is 65.2 Å². The van der Waals surface area contributed by atoms with Crippen molar-refractivity contribution in [3.8, 4) is 0 Å². The van der Waals surface area contributed by atoms with Crippen LogP contribution in [0.5, 0.6) is 0 Å². The Morgan fingerprint density at radius 2 is 2.10 bits per heavy atom. The van der Waals surface area contributed by atoms with Crippen LogP contribution in [0.25, 0.3) is 0 Å². The predicted molar refractivity (Wildman–Crippen MR) is 77.9 cm³/mol. The van der Waals surface area contributed by atoms with E-state index in [1.807, 2.05) is 30.6 Å². The Hall–Kier alpha value is -1.74. The number of benzene rings is 1. The fraction of sp³-hybridized carbons (Fsp3) is 0.353. The predicted octanol–water partition coefficient (Wildman–Crippen LogP) is 3.95. The topological polar surface area (TPSA) is 24.9 Å². The Balaban J connectivity index is 1.81. The van der Waals surface area contributed by atoms with Crippen molar-refractivity contribution in [1.29, 1.82) is 0 Å². The summed E-state index contributed by atoms with van der Waals surface area (Å²) in [5.41, 5.74) is 3.64. The fourth-order valence-electron chi connectivity index (χ4n) is 3.03. The third-order valence-corrected chi connectivity index (χ3v) is 4.10. The van der Waals surface area contributed by atoms with E-state index in [1.165, 1.54) is 11.1 Å². The minimum absolute atomic E-state index is 0.144. The average Bonchev–Trinajstić information content (AvgIpc) is 2.88. The van der Waals surface area contributed by atoms with Crippen molar-refractivity contribution < 1.29 is 4.39 Å². The van der Waals surface area contributed by atoms with E-state index >= 15 is 0 Å². The number of hydrogen-bond acceptors (Lipinski definition) is 2. The lowest BCUT2D eigenvalue weighted by Gasteiger charge is -2.23. The first-order chi connectivity index (χ1) is 9.78. The molecule has 3 rings (SSSR count). The summed E-state index contributed by atoms with van der Waals surface area (Å²) in [6.45, 7) is 2.17. The zero-order valence-electron chi connectivity index (χ0n) is 11.6. The molecule has 1 aliphatic carbocycles. The molecule has 1 N–H and O–H groups in total. The molecule has 1 aromatic heterocycles. The van der Waals surface area contributed by atoms with E-state index in [9.17, 15) is 4.39 Å². The molecule has 2 aromatic rings. The third kappa shape index (κ3) is 2.59.